The first-order chi connectivity index (χ1) is 9.10. The molecule has 1 aromatic carbocycles. The Morgan fingerprint density at radius 2 is 2.16 bits per heavy atom. The molecule has 0 fully saturated rings. The molecule has 0 aliphatic carbocycles. The topological polar surface area (TPSA) is 50.9 Å². The van der Waals surface area contributed by atoms with E-state index in [1.807, 2.05) is 19.1 Å². The number of pyridine rings is 1. The van der Waals surface area contributed by atoms with Crippen molar-refractivity contribution in [3.05, 3.63) is 64.2 Å². The van der Waals surface area contributed by atoms with Crippen LogP contribution in [0.5, 0.6) is 0 Å². The SMILES string of the molecule is Cc1ccc(C(Cc2ccc(F)c(Cl)c2)NN)cn1. The van der Waals surface area contributed by atoms with Gasteiger partial charge < -0.3 is 0 Å². The molecule has 0 bridgehead atoms. The minimum atomic E-state index is -0.417. The van der Waals surface area contributed by atoms with E-state index in [1.165, 1.54) is 6.07 Å². The van der Waals surface area contributed by atoms with E-state index in [-0.39, 0.29) is 11.1 Å². The molecule has 1 aromatic heterocycles. The van der Waals surface area contributed by atoms with Gasteiger partial charge in [-0.1, -0.05) is 23.7 Å². The van der Waals surface area contributed by atoms with Gasteiger partial charge in [-0.15, -0.1) is 0 Å². The highest BCUT2D eigenvalue weighted by atomic mass is 35.5. The lowest BCUT2D eigenvalue weighted by atomic mass is 10.0. The van der Waals surface area contributed by atoms with E-state index in [2.05, 4.69) is 10.4 Å². The molecule has 0 radical (unpaired) electrons. The largest absolute Gasteiger partial charge is 0.271 e. The van der Waals surface area contributed by atoms with Crippen LogP contribution in [0.4, 0.5) is 4.39 Å². The van der Waals surface area contributed by atoms with Crippen molar-refractivity contribution in [2.45, 2.75) is 19.4 Å². The van der Waals surface area contributed by atoms with Gasteiger partial charge in [-0.25, -0.2) is 4.39 Å². The zero-order chi connectivity index (χ0) is 13.8. The number of aryl methyl sites for hydroxylation is 1. The zero-order valence-corrected chi connectivity index (χ0v) is 11.3. The minimum absolute atomic E-state index is 0.0883. The molecular formula is C14H15ClFN3. The van der Waals surface area contributed by atoms with Crippen LogP contribution in [-0.4, -0.2) is 4.98 Å². The molecule has 19 heavy (non-hydrogen) atoms. The molecule has 2 aromatic rings. The summed E-state index contributed by atoms with van der Waals surface area (Å²) in [5.74, 6) is 5.16. The van der Waals surface area contributed by atoms with Crippen LogP contribution in [0.15, 0.2) is 36.5 Å². The summed E-state index contributed by atoms with van der Waals surface area (Å²) in [5.41, 5.74) is 5.58. The number of nitrogens with zero attached hydrogens (tertiary/aromatic N) is 1. The van der Waals surface area contributed by atoms with Crippen molar-refractivity contribution in [3.63, 3.8) is 0 Å². The molecule has 0 spiro atoms. The lowest BCUT2D eigenvalue weighted by molar-refractivity contribution is 0.549. The minimum Gasteiger partial charge on any atom is -0.271 e. The molecule has 1 heterocycles. The van der Waals surface area contributed by atoms with Crippen LogP contribution in [0.1, 0.15) is 22.9 Å². The Morgan fingerprint density at radius 1 is 1.37 bits per heavy atom. The summed E-state index contributed by atoms with van der Waals surface area (Å²) in [4.78, 5) is 4.24. The van der Waals surface area contributed by atoms with Crippen LogP contribution in [-0.2, 0) is 6.42 Å². The maximum atomic E-state index is 13.1. The summed E-state index contributed by atoms with van der Waals surface area (Å²) in [6.07, 6.45) is 2.40. The average Bonchev–Trinajstić information content (AvgIpc) is 2.41. The van der Waals surface area contributed by atoms with Crippen LogP contribution >= 0.6 is 11.6 Å². The van der Waals surface area contributed by atoms with Gasteiger partial charge in [0.25, 0.3) is 0 Å². The summed E-state index contributed by atoms with van der Waals surface area (Å²) < 4.78 is 13.1. The van der Waals surface area contributed by atoms with E-state index < -0.39 is 5.82 Å². The molecule has 3 N–H and O–H groups in total. The lowest BCUT2D eigenvalue weighted by Gasteiger charge is -2.16. The summed E-state index contributed by atoms with van der Waals surface area (Å²) in [5, 5.41) is 0.121. The number of rotatable bonds is 4. The molecule has 0 saturated carbocycles. The van der Waals surface area contributed by atoms with Gasteiger partial charge in [0.2, 0.25) is 0 Å². The van der Waals surface area contributed by atoms with Gasteiger partial charge in [-0.05, 0) is 42.7 Å². The zero-order valence-electron chi connectivity index (χ0n) is 10.5. The third-order valence-corrected chi connectivity index (χ3v) is 3.25. The van der Waals surface area contributed by atoms with Crippen LogP contribution in [0.2, 0.25) is 5.02 Å². The second kappa shape index (κ2) is 6.10. The first kappa shape index (κ1) is 13.9. The van der Waals surface area contributed by atoms with Crippen molar-refractivity contribution in [2.24, 2.45) is 5.84 Å². The van der Waals surface area contributed by atoms with Gasteiger partial charge in [0.1, 0.15) is 5.82 Å². The van der Waals surface area contributed by atoms with Gasteiger partial charge in [-0.2, -0.15) is 0 Å². The highest BCUT2D eigenvalue weighted by Gasteiger charge is 2.12. The molecule has 0 saturated heterocycles. The van der Waals surface area contributed by atoms with E-state index in [9.17, 15) is 4.39 Å². The molecule has 1 unspecified atom stereocenters. The van der Waals surface area contributed by atoms with Crippen molar-refractivity contribution < 1.29 is 4.39 Å². The fraction of sp³-hybridized carbons (Fsp3) is 0.214. The van der Waals surface area contributed by atoms with Gasteiger partial charge in [0, 0.05) is 11.9 Å². The summed E-state index contributed by atoms with van der Waals surface area (Å²) >= 11 is 5.77. The van der Waals surface area contributed by atoms with Gasteiger partial charge in [0.15, 0.2) is 0 Å². The quantitative estimate of drug-likeness (QED) is 0.668. The molecule has 0 aliphatic rings. The molecule has 0 aliphatic heterocycles. The van der Waals surface area contributed by atoms with E-state index >= 15 is 0 Å². The Balaban J connectivity index is 2.18. The second-order valence-electron chi connectivity index (χ2n) is 4.40. The molecular weight excluding hydrogens is 265 g/mol. The standard InChI is InChI=1S/C14H15ClFN3/c1-9-2-4-11(8-18-9)14(19-17)7-10-3-5-13(16)12(15)6-10/h2-6,8,14,19H,7,17H2,1H3. The number of nitrogens with one attached hydrogen (secondary N) is 1. The summed E-state index contributed by atoms with van der Waals surface area (Å²) in [6.45, 7) is 1.93. The van der Waals surface area contributed by atoms with Gasteiger partial charge in [0.05, 0.1) is 11.1 Å². The third kappa shape index (κ3) is 3.50. The fourth-order valence-electron chi connectivity index (χ4n) is 1.86. The number of aromatic nitrogens is 1. The van der Waals surface area contributed by atoms with Crippen LogP contribution in [0, 0.1) is 12.7 Å². The van der Waals surface area contributed by atoms with E-state index in [1.54, 1.807) is 18.3 Å². The Hall–Kier alpha value is -1.49. The van der Waals surface area contributed by atoms with Gasteiger partial charge in [-0.3, -0.25) is 16.3 Å². The van der Waals surface area contributed by atoms with Crippen molar-refractivity contribution >= 4 is 11.6 Å². The monoisotopic (exact) mass is 279 g/mol. The van der Waals surface area contributed by atoms with Crippen molar-refractivity contribution in [2.75, 3.05) is 0 Å². The molecule has 2 rings (SSSR count). The van der Waals surface area contributed by atoms with Crippen molar-refractivity contribution in [1.29, 1.82) is 0 Å². The number of halogens is 2. The predicted octanol–water partition coefficient (Wildman–Crippen LogP) is 2.93. The highest BCUT2D eigenvalue weighted by Crippen LogP contribution is 2.21. The Bertz CT molecular complexity index is 557. The number of hydrogen-bond acceptors (Lipinski definition) is 3. The maximum Gasteiger partial charge on any atom is 0.141 e. The first-order valence-electron chi connectivity index (χ1n) is 5.92. The van der Waals surface area contributed by atoms with Gasteiger partial charge >= 0.3 is 0 Å². The van der Waals surface area contributed by atoms with Crippen LogP contribution in [0.25, 0.3) is 0 Å². The second-order valence-corrected chi connectivity index (χ2v) is 4.81. The molecule has 5 heteroatoms. The summed E-state index contributed by atoms with van der Waals surface area (Å²) in [6, 6.07) is 8.49. The molecule has 0 amide bonds. The molecule has 3 nitrogen and oxygen atoms in total. The summed E-state index contributed by atoms with van der Waals surface area (Å²) in [7, 11) is 0. The van der Waals surface area contributed by atoms with Crippen molar-refractivity contribution in [3.8, 4) is 0 Å². The number of hydrogen-bond donors (Lipinski definition) is 2. The lowest BCUT2D eigenvalue weighted by Crippen LogP contribution is -2.29. The van der Waals surface area contributed by atoms with Crippen molar-refractivity contribution in [1.82, 2.24) is 10.4 Å². The Morgan fingerprint density at radius 3 is 2.74 bits per heavy atom. The first-order valence-corrected chi connectivity index (χ1v) is 6.30. The predicted molar refractivity (Wildman–Crippen MR) is 74.2 cm³/mol. The molecule has 1 atom stereocenters. The third-order valence-electron chi connectivity index (χ3n) is 2.96. The van der Waals surface area contributed by atoms with E-state index in [0.29, 0.717) is 6.42 Å². The number of hydrazine groups is 1. The van der Waals surface area contributed by atoms with E-state index in [0.717, 1.165) is 16.8 Å². The molecule has 100 valence electrons. The number of benzene rings is 1. The Labute approximate surface area is 116 Å². The number of nitrogens with two attached hydrogens (primary N) is 1. The highest BCUT2D eigenvalue weighted by molar-refractivity contribution is 6.30. The normalized spacial score (nSPS) is 12.4. The maximum absolute atomic E-state index is 13.1. The fourth-order valence-corrected chi connectivity index (χ4v) is 2.06. The average molecular weight is 280 g/mol. The smallest absolute Gasteiger partial charge is 0.141 e. The van der Waals surface area contributed by atoms with Crippen LogP contribution < -0.4 is 11.3 Å². The Kier molecular flexibility index (Phi) is 4.47. The van der Waals surface area contributed by atoms with Crippen LogP contribution in [0.3, 0.4) is 0 Å². The van der Waals surface area contributed by atoms with E-state index in [4.69, 9.17) is 17.4 Å².